The van der Waals surface area contributed by atoms with E-state index in [0.717, 1.165) is 24.2 Å². The van der Waals surface area contributed by atoms with Crippen LogP contribution in [0.3, 0.4) is 0 Å². The molecule has 0 radical (unpaired) electrons. The molecule has 0 aromatic rings. The van der Waals surface area contributed by atoms with Gasteiger partial charge in [-0.1, -0.05) is 120 Å². The second kappa shape index (κ2) is 15.7. The van der Waals surface area contributed by atoms with Crippen molar-refractivity contribution in [1.29, 1.82) is 0 Å². The van der Waals surface area contributed by atoms with Crippen molar-refractivity contribution in [1.82, 2.24) is 0 Å². The molecule has 0 heterocycles. The zero-order valence-electron chi connectivity index (χ0n) is 23.5. The standard InChI is InChI=1S/C17H32NP.C12H22.Ti/c1-14(2)11-19(12-15(3)4,13-16(5)6)18-17-9-7-8-10-17;1-11(2,3)9-7-8-10-12(4,5)6;/h7-9,14-16H,10-13H2,1-6H3;7-10H,1-6H3;. The molecule has 0 spiro atoms. The largest absolute Gasteiger partial charge is 0.272 e. The first-order chi connectivity index (χ1) is 14.0. The average molecular weight is 496 g/mol. The fourth-order valence-corrected chi connectivity index (χ4v) is 9.32. The predicted molar refractivity (Wildman–Crippen MR) is 147 cm³/mol. The summed E-state index contributed by atoms with van der Waals surface area (Å²) in [5, 5.41) is 0. The van der Waals surface area contributed by atoms with E-state index in [0.29, 0.717) is 10.8 Å². The van der Waals surface area contributed by atoms with Crippen molar-refractivity contribution < 1.29 is 21.7 Å². The predicted octanol–water partition coefficient (Wildman–Crippen LogP) is 10.2. The van der Waals surface area contributed by atoms with Gasteiger partial charge >= 0.3 is 0 Å². The molecule has 1 nitrogen and oxygen atoms in total. The van der Waals surface area contributed by atoms with Gasteiger partial charge in [-0.25, -0.2) is 0 Å². The van der Waals surface area contributed by atoms with Crippen LogP contribution in [0.15, 0.2) is 53.0 Å². The third-order valence-electron chi connectivity index (χ3n) is 4.51. The van der Waals surface area contributed by atoms with E-state index < -0.39 is 7.05 Å². The van der Waals surface area contributed by atoms with Crippen molar-refractivity contribution in [3.63, 3.8) is 0 Å². The van der Waals surface area contributed by atoms with E-state index in [9.17, 15) is 0 Å². The van der Waals surface area contributed by atoms with E-state index in [4.69, 9.17) is 4.74 Å². The monoisotopic (exact) mass is 495 g/mol. The molecule has 0 N–H and O–H groups in total. The van der Waals surface area contributed by atoms with Crippen LogP contribution in [0.4, 0.5) is 0 Å². The summed E-state index contributed by atoms with van der Waals surface area (Å²) in [6, 6.07) is 0. The van der Waals surface area contributed by atoms with Gasteiger partial charge in [0, 0.05) is 33.8 Å². The Bertz CT molecular complexity index is 622. The molecule has 1 aliphatic rings. The summed E-state index contributed by atoms with van der Waals surface area (Å²) >= 11 is 0. The molecule has 0 saturated carbocycles. The molecule has 0 unspecified atom stereocenters. The topological polar surface area (TPSA) is 12.4 Å². The maximum absolute atomic E-state index is 5.34. The summed E-state index contributed by atoms with van der Waals surface area (Å²) in [6.45, 7) is 27.3. The molecular formula is C29H54NPTi. The molecule has 0 aromatic heterocycles. The van der Waals surface area contributed by atoms with E-state index in [2.05, 4.69) is 126 Å². The van der Waals surface area contributed by atoms with Gasteiger partial charge in [0.25, 0.3) is 0 Å². The van der Waals surface area contributed by atoms with E-state index >= 15 is 0 Å². The number of hydrogen-bond acceptors (Lipinski definition) is 1. The minimum atomic E-state index is -1.20. The fourth-order valence-electron chi connectivity index (χ4n) is 3.86. The van der Waals surface area contributed by atoms with Gasteiger partial charge < -0.3 is 0 Å². The number of nitrogens with zero attached hydrogens (tertiary/aromatic N) is 1. The van der Waals surface area contributed by atoms with E-state index in [1.54, 1.807) is 0 Å². The summed E-state index contributed by atoms with van der Waals surface area (Å²) in [6.07, 6.45) is 20.3. The molecule has 0 aliphatic heterocycles. The van der Waals surface area contributed by atoms with Gasteiger partial charge in [-0.05, 0) is 60.2 Å². The van der Waals surface area contributed by atoms with Crippen LogP contribution in [0, 0.1) is 28.6 Å². The smallest absolute Gasteiger partial charge is 0.0425 e. The van der Waals surface area contributed by atoms with Gasteiger partial charge in [-0.3, -0.25) is 4.74 Å². The summed E-state index contributed by atoms with van der Waals surface area (Å²) in [4.78, 5) is 0. The second-order valence-electron chi connectivity index (χ2n) is 12.7. The minimum absolute atomic E-state index is 0. The maximum atomic E-state index is 5.34. The zero-order chi connectivity index (χ0) is 24.3. The van der Waals surface area contributed by atoms with Crippen LogP contribution < -0.4 is 0 Å². The van der Waals surface area contributed by atoms with Crippen molar-refractivity contribution in [2.45, 2.75) is 89.5 Å². The van der Waals surface area contributed by atoms with Crippen LogP contribution >= 0.6 is 7.05 Å². The van der Waals surface area contributed by atoms with Crippen LogP contribution in [0.25, 0.3) is 0 Å². The third-order valence-corrected chi connectivity index (χ3v) is 9.42. The molecule has 32 heavy (non-hydrogen) atoms. The second-order valence-corrected chi connectivity index (χ2v) is 16.2. The molecule has 0 aromatic carbocycles. The van der Waals surface area contributed by atoms with E-state index in [1.807, 2.05) is 0 Å². The molecule has 0 fully saturated rings. The number of hydrogen-bond donors (Lipinski definition) is 0. The van der Waals surface area contributed by atoms with Gasteiger partial charge in [0.1, 0.15) is 0 Å². The summed E-state index contributed by atoms with van der Waals surface area (Å²) < 4.78 is 5.34. The zero-order valence-corrected chi connectivity index (χ0v) is 26.0. The maximum Gasteiger partial charge on any atom is 0.0425 e. The Morgan fingerprint density at radius 3 is 1.41 bits per heavy atom. The fraction of sp³-hybridized carbons (Fsp3) is 0.724. The summed E-state index contributed by atoms with van der Waals surface area (Å²) in [5.74, 6) is 2.26. The number of allylic oxidation sites excluding steroid dienone is 7. The molecule has 184 valence electrons. The quantitative estimate of drug-likeness (QED) is 0.180. The Hall–Kier alpha value is -0.0957. The first-order valence-electron chi connectivity index (χ1n) is 12.4. The molecule has 1 aliphatic carbocycles. The van der Waals surface area contributed by atoms with Gasteiger partial charge in [0.05, 0.1) is 0 Å². The molecule has 1 rings (SSSR count). The van der Waals surface area contributed by atoms with Gasteiger partial charge in [-0.15, -0.1) is 0 Å². The third kappa shape index (κ3) is 19.4. The Balaban J connectivity index is 0. The van der Waals surface area contributed by atoms with Crippen molar-refractivity contribution >= 4 is 7.05 Å². The van der Waals surface area contributed by atoms with Crippen LogP contribution in [0.1, 0.15) is 89.5 Å². The van der Waals surface area contributed by atoms with Crippen molar-refractivity contribution in [2.75, 3.05) is 18.5 Å². The molecule has 0 amide bonds. The van der Waals surface area contributed by atoms with Crippen molar-refractivity contribution in [3.05, 3.63) is 48.2 Å². The molecule has 0 atom stereocenters. The van der Waals surface area contributed by atoms with Crippen LogP contribution in [-0.2, 0) is 21.7 Å². The summed E-state index contributed by atoms with van der Waals surface area (Å²) in [7, 11) is -1.20. The molecule has 3 heteroatoms. The van der Waals surface area contributed by atoms with E-state index in [1.165, 1.54) is 24.2 Å². The first kappa shape index (κ1) is 34.1. The Kier molecular flexibility index (Phi) is 16.8. The Morgan fingerprint density at radius 1 is 0.781 bits per heavy atom. The molecule has 0 bridgehead atoms. The normalized spacial score (nSPS) is 14.9. The van der Waals surface area contributed by atoms with Crippen molar-refractivity contribution in [2.24, 2.45) is 33.3 Å². The van der Waals surface area contributed by atoms with Gasteiger partial charge in [0.2, 0.25) is 0 Å². The number of rotatable bonds is 8. The van der Waals surface area contributed by atoms with Crippen LogP contribution in [0.5, 0.6) is 0 Å². The molecule has 0 saturated heterocycles. The Labute approximate surface area is 217 Å². The summed E-state index contributed by atoms with van der Waals surface area (Å²) in [5.41, 5.74) is 1.92. The first-order valence-corrected chi connectivity index (χ1v) is 14.7. The Morgan fingerprint density at radius 2 is 1.16 bits per heavy atom. The average Bonchev–Trinajstić information content (AvgIpc) is 3.00. The SMILES string of the molecule is CC(C)(C)C=CC=CC(C)(C)C.CC(C)CP(CC(C)C)(CC(C)C)=NC1=CC=CC1.[Ti]. The van der Waals surface area contributed by atoms with Gasteiger partial charge in [-0.2, -0.15) is 0 Å². The van der Waals surface area contributed by atoms with E-state index in [-0.39, 0.29) is 21.7 Å². The van der Waals surface area contributed by atoms with Gasteiger partial charge in [0.15, 0.2) is 0 Å². The van der Waals surface area contributed by atoms with Crippen LogP contribution in [-0.4, -0.2) is 18.5 Å². The van der Waals surface area contributed by atoms with Crippen LogP contribution in [0.2, 0.25) is 0 Å². The van der Waals surface area contributed by atoms with Crippen molar-refractivity contribution in [3.8, 4) is 0 Å². The molecular weight excluding hydrogens is 441 g/mol. The minimum Gasteiger partial charge on any atom is -0.272 e.